The molecule has 0 fully saturated rings. The van der Waals surface area contributed by atoms with Crippen molar-refractivity contribution in [1.29, 1.82) is 0 Å². The fourth-order valence-corrected chi connectivity index (χ4v) is 6.22. The van der Waals surface area contributed by atoms with E-state index in [1.54, 1.807) is 36.4 Å². The van der Waals surface area contributed by atoms with Gasteiger partial charge < -0.3 is 0 Å². The molecule has 0 radical (unpaired) electrons. The predicted molar refractivity (Wildman–Crippen MR) is 146 cm³/mol. The number of hydrogen-bond acceptors (Lipinski definition) is 0. The van der Waals surface area contributed by atoms with Gasteiger partial charge in [-0.1, -0.05) is 44.0 Å². The molecule has 218 valence electrons. The van der Waals surface area contributed by atoms with E-state index in [4.69, 9.17) is 0 Å². The van der Waals surface area contributed by atoms with Crippen LogP contribution in [0.2, 0.25) is 0 Å². The highest BCUT2D eigenvalue weighted by Crippen LogP contribution is 2.56. The molecule has 10 heteroatoms. The average Bonchev–Trinajstić information content (AvgIpc) is 3.15. The Labute approximate surface area is 241 Å². The minimum atomic E-state index is -2.57. The Hall–Kier alpha value is -1.16. The maximum absolute atomic E-state index is 15.6. The summed E-state index contributed by atoms with van der Waals surface area (Å²) in [6.07, 6.45) is -16.4. The molecule has 1 aliphatic rings. The third-order valence-corrected chi connectivity index (χ3v) is 8.47. The molecular formula is C29H32Br2F8. The smallest absolute Gasteiger partial charge is 0.162 e. The van der Waals surface area contributed by atoms with Crippen LogP contribution in [0.1, 0.15) is 62.5 Å². The maximum atomic E-state index is 15.6. The predicted octanol–water partition coefficient (Wildman–Crippen LogP) is 10.6. The van der Waals surface area contributed by atoms with E-state index in [2.05, 4.69) is 31.9 Å². The fourth-order valence-electron chi connectivity index (χ4n) is 5.49. The fraction of sp³-hybridized carbons (Fsp3) is 0.586. The molecule has 2 aromatic carbocycles. The number of fused-ring (bicyclic) bond motifs is 3. The third-order valence-electron chi connectivity index (χ3n) is 7.48. The van der Waals surface area contributed by atoms with Gasteiger partial charge in [-0.25, -0.2) is 26.3 Å². The first-order chi connectivity index (χ1) is 18.5. The molecule has 0 nitrogen and oxygen atoms in total. The highest BCUT2D eigenvalue weighted by molar-refractivity contribution is 9.10. The summed E-state index contributed by atoms with van der Waals surface area (Å²) in [7, 11) is 0. The van der Waals surface area contributed by atoms with Crippen molar-refractivity contribution in [3.63, 3.8) is 0 Å². The standard InChI is InChI=1S/C29H32Br2F8/c30-17-7-9-19-20-10-8-18(31)14-22(20)29(21(19)13-17,15-25(36)27(38)23(34)5-1-3-11-32)16-26(37)28(39)24(35)6-2-4-12-33/h7-10,13-14,23-28H,1-6,11-12,15-16H2. The van der Waals surface area contributed by atoms with Crippen molar-refractivity contribution in [3.8, 4) is 11.1 Å². The van der Waals surface area contributed by atoms with Crippen molar-refractivity contribution in [3.05, 3.63) is 56.5 Å². The van der Waals surface area contributed by atoms with Crippen molar-refractivity contribution in [2.24, 2.45) is 0 Å². The largest absolute Gasteiger partial charge is 0.251 e. The quantitative estimate of drug-likeness (QED) is 0.121. The molecule has 0 saturated heterocycles. The molecule has 0 amide bonds. The zero-order valence-electron chi connectivity index (χ0n) is 21.3. The Bertz CT molecular complexity index is 984. The van der Waals surface area contributed by atoms with Crippen LogP contribution in [0.15, 0.2) is 45.3 Å². The maximum Gasteiger partial charge on any atom is 0.162 e. The summed E-state index contributed by atoms with van der Waals surface area (Å²) in [5.41, 5.74) is 0.366. The molecule has 0 aromatic heterocycles. The molecule has 1 aliphatic carbocycles. The third kappa shape index (κ3) is 7.57. The lowest BCUT2D eigenvalue weighted by Crippen LogP contribution is -2.41. The Balaban J connectivity index is 2.02. The van der Waals surface area contributed by atoms with Crippen LogP contribution in [-0.4, -0.2) is 50.4 Å². The van der Waals surface area contributed by atoms with Crippen molar-refractivity contribution >= 4 is 31.9 Å². The number of benzene rings is 2. The van der Waals surface area contributed by atoms with E-state index in [0.29, 0.717) is 31.2 Å². The number of rotatable bonds is 16. The molecule has 0 heterocycles. The van der Waals surface area contributed by atoms with Crippen LogP contribution in [0.5, 0.6) is 0 Å². The van der Waals surface area contributed by atoms with Crippen LogP contribution in [-0.2, 0) is 5.41 Å². The highest BCUT2D eigenvalue weighted by atomic mass is 79.9. The summed E-state index contributed by atoms with van der Waals surface area (Å²) in [5, 5.41) is 0. The average molecular weight is 692 g/mol. The van der Waals surface area contributed by atoms with E-state index in [-0.39, 0.29) is 38.5 Å². The van der Waals surface area contributed by atoms with Gasteiger partial charge in [-0.15, -0.1) is 0 Å². The Morgan fingerprint density at radius 1 is 0.564 bits per heavy atom. The normalized spacial score (nSPS) is 18.6. The van der Waals surface area contributed by atoms with Crippen LogP contribution in [0.25, 0.3) is 11.1 Å². The van der Waals surface area contributed by atoms with Gasteiger partial charge in [0.2, 0.25) is 0 Å². The second-order valence-electron chi connectivity index (χ2n) is 10.2. The Morgan fingerprint density at radius 2 is 0.949 bits per heavy atom. The van der Waals surface area contributed by atoms with Gasteiger partial charge in [0.15, 0.2) is 12.3 Å². The van der Waals surface area contributed by atoms with Crippen molar-refractivity contribution in [2.45, 2.75) is 93.8 Å². The van der Waals surface area contributed by atoms with E-state index < -0.39 is 68.6 Å². The van der Waals surface area contributed by atoms with Gasteiger partial charge in [-0.05, 0) is 97.9 Å². The Morgan fingerprint density at radius 3 is 1.31 bits per heavy atom. The minimum Gasteiger partial charge on any atom is -0.251 e. The van der Waals surface area contributed by atoms with Crippen molar-refractivity contribution < 1.29 is 35.1 Å². The summed E-state index contributed by atoms with van der Waals surface area (Å²) in [5.74, 6) is 0. The molecule has 0 saturated carbocycles. The van der Waals surface area contributed by atoms with E-state index in [1.807, 2.05) is 0 Å². The topological polar surface area (TPSA) is 0 Å². The van der Waals surface area contributed by atoms with Gasteiger partial charge >= 0.3 is 0 Å². The molecule has 0 N–H and O–H groups in total. The molecular weight excluding hydrogens is 660 g/mol. The van der Waals surface area contributed by atoms with Crippen LogP contribution < -0.4 is 0 Å². The lowest BCUT2D eigenvalue weighted by atomic mass is 9.69. The lowest BCUT2D eigenvalue weighted by molar-refractivity contribution is 0.0396. The van der Waals surface area contributed by atoms with E-state index >= 15 is 17.6 Å². The molecule has 6 atom stereocenters. The second kappa shape index (κ2) is 14.6. The lowest BCUT2D eigenvalue weighted by Gasteiger charge is -2.36. The molecule has 2 aromatic rings. The summed E-state index contributed by atoms with van der Waals surface area (Å²) in [6, 6.07) is 10.1. The van der Waals surface area contributed by atoms with Crippen molar-refractivity contribution in [2.75, 3.05) is 13.3 Å². The van der Waals surface area contributed by atoms with Gasteiger partial charge in [-0.3, -0.25) is 8.78 Å². The van der Waals surface area contributed by atoms with Gasteiger partial charge in [0.25, 0.3) is 0 Å². The monoisotopic (exact) mass is 690 g/mol. The Kier molecular flexibility index (Phi) is 12.2. The van der Waals surface area contributed by atoms with Crippen LogP contribution in [0.4, 0.5) is 35.1 Å². The summed E-state index contributed by atoms with van der Waals surface area (Å²) in [6.45, 7) is -1.40. The first-order valence-corrected chi connectivity index (χ1v) is 14.7. The van der Waals surface area contributed by atoms with Gasteiger partial charge in [0, 0.05) is 14.4 Å². The number of halogens is 10. The molecule has 0 aliphatic heterocycles. The molecule has 6 unspecified atom stereocenters. The minimum absolute atomic E-state index is 0.0218. The molecule has 0 bridgehead atoms. The molecule has 0 spiro atoms. The summed E-state index contributed by atoms with van der Waals surface area (Å²) < 4.78 is 116. The van der Waals surface area contributed by atoms with Crippen LogP contribution in [0.3, 0.4) is 0 Å². The van der Waals surface area contributed by atoms with Crippen molar-refractivity contribution in [1.82, 2.24) is 0 Å². The first kappa shape index (κ1) is 32.4. The van der Waals surface area contributed by atoms with Gasteiger partial charge in [-0.2, -0.15) is 0 Å². The van der Waals surface area contributed by atoms with E-state index in [9.17, 15) is 17.6 Å². The van der Waals surface area contributed by atoms with Gasteiger partial charge in [0.1, 0.15) is 24.7 Å². The van der Waals surface area contributed by atoms with Gasteiger partial charge in [0.05, 0.1) is 13.3 Å². The number of hydrogen-bond donors (Lipinski definition) is 0. The SMILES string of the molecule is FCCCCC(F)C(F)C(F)CC1(CC(F)C(F)C(F)CCCCF)c2cc(Br)ccc2-c2ccc(Br)cc21. The molecule has 3 rings (SSSR count). The van der Waals surface area contributed by atoms with E-state index in [0.717, 1.165) is 0 Å². The molecule has 39 heavy (non-hydrogen) atoms. The number of alkyl halides is 8. The highest BCUT2D eigenvalue weighted by Gasteiger charge is 2.50. The zero-order chi connectivity index (χ0) is 28.7. The zero-order valence-corrected chi connectivity index (χ0v) is 24.5. The van der Waals surface area contributed by atoms with Crippen LogP contribution >= 0.6 is 31.9 Å². The van der Waals surface area contributed by atoms with E-state index in [1.165, 1.54) is 0 Å². The number of unbranched alkanes of at least 4 members (excludes halogenated alkanes) is 2. The first-order valence-electron chi connectivity index (χ1n) is 13.1. The second-order valence-corrected chi connectivity index (χ2v) is 12.0. The summed E-state index contributed by atoms with van der Waals surface area (Å²) >= 11 is 6.71. The van der Waals surface area contributed by atoms with Crippen LogP contribution in [0, 0.1) is 0 Å². The summed E-state index contributed by atoms with van der Waals surface area (Å²) in [4.78, 5) is 0.